The summed E-state index contributed by atoms with van der Waals surface area (Å²) in [5.74, 6) is 0. The number of carbonyl (C=O) groups excluding carboxylic acids is 3. The predicted octanol–water partition coefficient (Wildman–Crippen LogP) is -10.3. The average Bonchev–Trinajstić information content (AvgIpc) is 2.90. The Balaban J connectivity index is 0.000000319. The molecule has 0 aliphatic carbocycles. The zero-order valence-corrected chi connectivity index (χ0v) is 20.8. The molecule has 0 radical (unpaired) electrons. The summed E-state index contributed by atoms with van der Waals surface area (Å²) in [4.78, 5) is 172. The fraction of sp³-hybridized carbons (Fsp3) is 0. The van der Waals surface area contributed by atoms with Crippen molar-refractivity contribution in [3.8, 4) is 0 Å². The summed E-state index contributed by atoms with van der Waals surface area (Å²) in [5.41, 5.74) is -11.8. The van der Waals surface area contributed by atoms with Crippen molar-refractivity contribution in [3.63, 3.8) is 0 Å². The molecule has 30 nitrogen and oxygen atoms in total. The van der Waals surface area contributed by atoms with Crippen molar-refractivity contribution >= 4 is 18.2 Å². The Kier molecular flexibility index (Phi) is 12.5. The van der Waals surface area contributed by atoms with Crippen LogP contribution >= 0.6 is 0 Å². The Morgan fingerprint density at radius 1 is 0.311 bits per heavy atom. The topological polar surface area (TPSA) is 450 Å². The highest BCUT2D eigenvalue weighted by Crippen LogP contribution is 1.72. The van der Waals surface area contributed by atoms with Gasteiger partial charge in [0.15, 0.2) is 0 Å². The molecule has 0 spiro atoms. The molecule has 0 atom stereocenters. The molecule has 4 aromatic heterocycles. The highest BCUT2D eigenvalue weighted by atomic mass is 16.2. The monoisotopic (exact) mass is 639 g/mol. The van der Waals surface area contributed by atoms with E-state index in [0.717, 1.165) is 18.2 Å². The number of isocyanates is 3. The van der Waals surface area contributed by atoms with Crippen molar-refractivity contribution < 1.29 is 14.4 Å². The smallest absolute Gasteiger partial charge is 0.259 e. The molecule has 0 bridgehead atoms. The fourth-order valence-corrected chi connectivity index (χ4v) is 2.10. The summed E-state index contributed by atoms with van der Waals surface area (Å²) in [6.07, 6.45) is 2.56. The molecule has 0 fully saturated rings. The van der Waals surface area contributed by atoms with E-state index in [2.05, 4.69) is 15.3 Å². The van der Waals surface area contributed by atoms with Crippen LogP contribution in [0.15, 0.2) is 72.8 Å². The summed E-state index contributed by atoms with van der Waals surface area (Å²) in [7, 11) is 0. The van der Waals surface area contributed by atoms with E-state index < -0.39 is 68.3 Å². The number of nitrogens with zero attached hydrogens (tertiary/aromatic N) is 6. The van der Waals surface area contributed by atoms with Gasteiger partial charge in [-0.1, -0.05) is 15.3 Å². The first-order valence-corrected chi connectivity index (χ1v) is 10.2. The lowest BCUT2D eigenvalue weighted by molar-refractivity contribution is 0.504. The van der Waals surface area contributed by atoms with Gasteiger partial charge in [0, 0.05) is 0 Å². The van der Waals surface area contributed by atoms with Crippen molar-refractivity contribution in [2.45, 2.75) is 0 Å². The zero-order valence-electron chi connectivity index (χ0n) is 20.8. The largest absolute Gasteiger partial charge is 0.380 e. The number of H-pyrrole nitrogens is 9. The quantitative estimate of drug-likeness (QED) is 0.0742. The van der Waals surface area contributed by atoms with E-state index in [0.29, 0.717) is 0 Å². The van der Waals surface area contributed by atoms with Crippen LogP contribution in [0.25, 0.3) is 0 Å². The molecular weight excluding hydrogens is 630 g/mol. The molecule has 0 aliphatic rings. The first-order chi connectivity index (χ1) is 21.1. The third-order valence-corrected chi connectivity index (χ3v) is 3.55. The maximum Gasteiger partial charge on any atom is 0.380 e. The van der Waals surface area contributed by atoms with Gasteiger partial charge in [-0.3, -0.25) is 44.9 Å². The maximum absolute atomic E-state index is 11.4. The van der Waals surface area contributed by atoms with Crippen LogP contribution in [0, 0.1) is 0 Å². The van der Waals surface area contributed by atoms with Crippen LogP contribution in [0.5, 0.6) is 0 Å². The van der Waals surface area contributed by atoms with Gasteiger partial charge >= 0.3 is 68.3 Å². The van der Waals surface area contributed by atoms with Crippen LogP contribution in [0.2, 0.25) is 0 Å². The Labute approximate surface area is 233 Å². The molecule has 0 saturated carbocycles. The molecule has 0 saturated heterocycles. The second-order valence-corrected chi connectivity index (χ2v) is 6.44. The number of aromatic nitrogens is 12. The van der Waals surface area contributed by atoms with Gasteiger partial charge in [-0.15, -0.1) is 14.0 Å². The second-order valence-electron chi connectivity index (χ2n) is 6.44. The molecule has 234 valence electrons. The molecule has 0 aromatic carbocycles. The third kappa shape index (κ3) is 11.1. The van der Waals surface area contributed by atoms with Crippen LogP contribution in [-0.2, 0) is 14.4 Å². The van der Waals surface area contributed by atoms with E-state index in [1.807, 2.05) is 0 Å². The number of rotatable bonds is 3. The number of nitrogens with one attached hydrogen (secondary N) is 9. The standard InChI is InChI=1S/C6N6O6.3C3H3N3O3/c13-1-7-10-4(16)11(8-2-14)6(18)12(5(10)17)9-3-15;3*7-1-4-2(8)6-3(9)5-1/h;3*(H3,4,5,6,7,8,9). The van der Waals surface area contributed by atoms with Gasteiger partial charge in [-0.25, -0.2) is 71.9 Å². The van der Waals surface area contributed by atoms with E-state index >= 15 is 0 Å². The van der Waals surface area contributed by atoms with Crippen molar-refractivity contribution in [2.75, 3.05) is 0 Å². The molecule has 0 amide bonds. The van der Waals surface area contributed by atoms with E-state index in [4.69, 9.17) is 0 Å². The molecular formula is C15H9N15O15. The molecule has 0 aliphatic heterocycles. The zero-order chi connectivity index (χ0) is 34.3. The van der Waals surface area contributed by atoms with Crippen LogP contribution in [-0.4, -0.2) is 77.1 Å². The van der Waals surface area contributed by atoms with Crippen molar-refractivity contribution in [2.24, 2.45) is 15.3 Å². The van der Waals surface area contributed by atoms with Crippen LogP contribution in [0.3, 0.4) is 0 Å². The molecule has 45 heavy (non-hydrogen) atoms. The third-order valence-electron chi connectivity index (χ3n) is 3.55. The van der Waals surface area contributed by atoms with Gasteiger partial charge in [0.1, 0.15) is 0 Å². The predicted molar refractivity (Wildman–Crippen MR) is 135 cm³/mol. The summed E-state index contributed by atoms with van der Waals surface area (Å²) < 4.78 is -0.553. The Morgan fingerprint density at radius 3 is 0.556 bits per heavy atom. The maximum atomic E-state index is 11.4. The lowest BCUT2D eigenvalue weighted by Gasteiger charge is -1.99. The van der Waals surface area contributed by atoms with E-state index in [1.54, 1.807) is 44.9 Å². The lowest BCUT2D eigenvalue weighted by Crippen LogP contribution is -2.51. The average molecular weight is 639 g/mol. The normalized spacial score (nSPS) is 9.07. The van der Waals surface area contributed by atoms with E-state index in [9.17, 15) is 71.9 Å². The molecule has 30 heteroatoms. The van der Waals surface area contributed by atoms with Gasteiger partial charge in [0.25, 0.3) is 18.2 Å². The number of hydrogen-bond acceptors (Lipinski definition) is 18. The Bertz CT molecular complexity index is 2020. The van der Waals surface area contributed by atoms with E-state index in [1.165, 1.54) is 0 Å². The molecule has 0 unspecified atom stereocenters. The van der Waals surface area contributed by atoms with Gasteiger partial charge in [0.2, 0.25) is 0 Å². The summed E-state index contributed by atoms with van der Waals surface area (Å²) in [6.45, 7) is 0. The first kappa shape index (κ1) is 34.8. The highest BCUT2D eigenvalue weighted by Gasteiger charge is 2.15. The van der Waals surface area contributed by atoms with Gasteiger partial charge in [0.05, 0.1) is 0 Å². The minimum atomic E-state index is -1.53. The van der Waals surface area contributed by atoms with E-state index in [-0.39, 0.29) is 14.0 Å². The van der Waals surface area contributed by atoms with Crippen molar-refractivity contribution in [1.82, 2.24) is 58.9 Å². The van der Waals surface area contributed by atoms with Crippen LogP contribution < -0.4 is 68.3 Å². The second kappa shape index (κ2) is 16.1. The number of aromatic amines is 9. The Morgan fingerprint density at radius 2 is 0.444 bits per heavy atom. The fourth-order valence-electron chi connectivity index (χ4n) is 2.10. The summed E-state index contributed by atoms with van der Waals surface area (Å²) in [5, 5.41) is 7.98. The molecule has 4 heterocycles. The number of hydrogen-bond donors (Lipinski definition) is 9. The lowest BCUT2D eigenvalue weighted by atomic mass is 10.9. The minimum absolute atomic E-state index is 0.184. The van der Waals surface area contributed by atoms with Crippen LogP contribution in [0.1, 0.15) is 0 Å². The SMILES string of the molecule is O=C=Nn1c(=O)n(N=C=O)c(=O)n(N=C=O)c1=O.O=c1[nH]c(=O)[nH]c(=O)[nH]1.O=c1[nH]c(=O)[nH]c(=O)[nH]1.O=c1[nH]c(=O)[nH]c(=O)[nH]1. The molecule has 4 aromatic rings. The highest BCUT2D eigenvalue weighted by molar-refractivity contribution is 5.34. The summed E-state index contributed by atoms with van der Waals surface area (Å²) in [6, 6.07) is 0. The first-order valence-electron chi connectivity index (χ1n) is 10.2. The Hall–Kier alpha value is -8.22. The van der Waals surface area contributed by atoms with Crippen molar-refractivity contribution in [1.29, 1.82) is 0 Å². The molecule has 4 rings (SSSR count). The van der Waals surface area contributed by atoms with Gasteiger partial charge < -0.3 is 0 Å². The minimum Gasteiger partial charge on any atom is -0.259 e. The molecule has 9 N–H and O–H groups in total. The van der Waals surface area contributed by atoms with Crippen molar-refractivity contribution in [3.05, 3.63) is 126 Å². The van der Waals surface area contributed by atoms with Crippen LogP contribution in [0.4, 0.5) is 0 Å². The van der Waals surface area contributed by atoms with Gasteiger partial charge in [-0.2, -0.15) is 0 Å². The van der Waals surface area contributed by atoms with Gasteiger partial charge in [-0.05, 0) is 0 Å². The summed E-state index contributed by atoms with van der Waals surface area (Å²) >= 11 is 0.